The first-order chi connectivity index (χ1) is 6.97. The lowest BCUT2D eigenvalue weighted by Crippen LogP contribution is -2.36. The Kier molecular flexibility index (Phi) is 7.39. The molecule has 1 atom stereocenters. The largest absolute Gasteiger partial charge is 0.481 e. The van der Waals surface area contributed by atoms with Crippen LogP contribution in [0.3, 0.4) is 0 Å². The molecule has 0 radical (unpaired) electrons. The zero-order valence-electron chi connectivity index (χ0n) is 10.5. The molecular weight excluding hydrogens is 190 g/mol. The van der Waals surface area contributed by atoms with E-state index in [-0.39, 0.29) is 6.42 Å². The van der Waals surface area contributed by atoms with E-state index in [9.17, 15) is 4.79 Å². The third kappa shape index (κ3) is 7.37. The fraction of sp³-hybridized carbons (Fsp3) is 0.917. The summed E-state index contributed by atoms with van der Waals surface area (Å²) in [6.45, 7) is 10.4. The second-order valence-corrected chi connectivity index (χ2v) is 4.63. The van der Waals surface area contributed by atoms with Gasteiger partial charge in [0.15, 0.2) is 0 Å². The Labute approximate surface area is 93.5 Å². The standard InChI is InChI=1S/C12H25NO2/c1-5-6-11(4)9-13(10(2)3)8-7-12(14)15/h10-11H,5-9H2,1-4H3,(H,14,15). The molecule has 0 spiro atoms. The van der Waals surface area contributed by atoms with Crippen molar-refractivity contribution in [3.05, 3.63) is 0 Å². The van der Waals surface area contributed by atoms with Crippen molar-refractivity contribution in [2.75, 3.05) is 13.1 Å². The Bertz CT molecular complexity index is 180. The van der Waals surface area contributed by atoms with Crippen LogP contribution in [0.1, 0.15) is 47.0 Å². The highest BCUT2D eigenvalue weighted by Gasteiger charge is 2.13. The summed E-state index contributed by atoms with van der Waals surface area (Å²) in [6.07, 6.45) is 2.67. The molecule has 0 bridgehead atoms. The zero-order chi connectivity index (χ0) is 11.8. The van der Waals surface area contributed by atoms with Crippen LogP contribution in [-0.4, -0.2) is 35.1 Å². The second kappa shape index (κ2) is 7.69. The van der Waals surface area contributed by atoms with E-state index >= 15 is 0 Å². The highest BCUT2D eigenvalue weighted by Crippen LogP contribution is 2.10. The summed E-state index contributed by atoms with van der Waals surface area (Å²) in [6, 6.07) is 0.434. The van der Waals surface area contributed by atoms with Gasteiger partial charge in [-0.1, -0.05) is 20.3 Å². The van der Waals surface area contributed by atoms with E-state index in [4.69, 9.17) is 5.11 Å². The molecule has 3 nitrogen and oxygen atoms in total. The average molecular weight is 215 g/mol. The van der Waals surface area contributed by atoms with Crippen molar-refractivity contribution < 1.29 is 9.90 Å². The van der Waals surface area contributed by atoms with Gasteiger partial charge in [-0.3, -0.25) is 4.79 Å². The van der Waals surface area contributed by atoms with Crippen molar-refractivity contribution in [2.24, 2.45) is 5.92 Å². The van der Waals surface area contributed by atoms with Crippen molar-refractivity contribution in [1.29, 1.82) is 0 Å². The van der Waals surface area contributed by atoms with Gasteiger partial charge in [0.1, 0.15) is 0 Å². The van der Waals surface area contributed by atoms with Crippen LogP contribution >= 0.6 is 0 Å². The molecule has 1 N–H and O–H groups in total. The van der Waals surface area contributed by atoms with E-state index in [2.05, 4.69) is 32.6 Å². The number of rotatable bonds is 8. The predicted molar refractivity (Wildman–Crippen MR) is 63.0 cm³/mol. The number of carboxylic acid groups (broad SMARTS) is 1. The van der Waals surface area contributed by atoms with E-state index in [1.165, 1.54) is 12.8 Å². The van der Waals surface area contributed by atoms with Gasteiger partial charge in [-0.05, 0) is 26.2 Å². The van der Waals surface area contributed by atoms with Crippen LogP contribution in [0.5, 0.6) is 0 Å². The minimum absolute atomic E-state index is 0.247. The minimum atomic E-state index is -0.705. The van der Waals surface area contributed by atoms with Crippen molar-refractivity contribution in [3.63, 3.8) is 0 Å². The molecule has 0 amide bonds. The lowest BCUT2D eigenvalue weighted by atomic mass is 10.0. The highest BCUT2D eigenvalue weighted by molar-refractivity contribution is 5.66. The van der Waals surface area contributed by atoms with Gasteiger partial charge in [-0.15, -0.1) is 0 Å². The molecule has 0 aromatic carbocycles. The van der Waals surface area contributed by atoms with Crippen molar-refractivity contribution in [3.8, 4) is 0 Å². The molecule has 3 heteroatoms. The summed E-state index contributed by atoms with van der Waals surface area (Å²) >= 11 is 0. The molecule has 0 aliphatic carbocycles. The lowest BCUT2D eigenvalue weighted by Gasteiger charge is -2.28. The molecule has 15 heavy (non-hydrogen) atoms. The van der Waals surface area contributed by atoms with Gasteiger partial charge in [-0.2, -0.15) is 0 Å². The van der Waals surface area contributed by atoms with Crippen LogP contribution in [0, 0.1) is 5.92 Å². The van der Waals surface area contributed by atoms with Crippen molar-refractivity contribution in [2.45, 2.75) is 53.0 Å². The number of carbonyl (C=O) groups is 1. The van der Waals surface area contributed by atoms with Crippen LogP contribution in [0.25, 0.3) is 0 Å². The number of hydrogen-bond acceptors (Lipinski definition) is 2. The second-order valence-electron chi connectivity index (χ2n) is 4.63. The maximum absolute atomic E-state index is 10.5. The topological polar surface area (TPSA) is 40.5 Å². The summed E-state index contributed by atoms with van der Waals surface area (Å²) in [7, 11) is 0. The summed E-state index contributed by atoms with van der Waals surface area (Å²) in [5.74, 6) is -0.0463. The first-order valence-corrected chi connectivity index (χ1v) is 5.93. The van der Waals surface area contributed by atoms with Crippen molar-refractivity contribution >= 4 is 5.97 Å². The van der Waals surface area contributed by atoms with Gasteiger partial charge in [0.2, 0.25) is 0 Å². The van der Waals surface area contributed by atoms with Gasteiger partial charge in [0.25, 0.3) is 0 Å². The van der Waals surface area contributed by atoms with Gasteiger partial charge in [0, 0.05) is 19.1 Å². The normalized spacial score (nSPS) is 13.5. The van der Waals surface area contributed by atoms with Gasteiger partial charge >= 0.3 is 5.97 Å². The summed E-state index contributed by atoms with van der Waals surface area (Å²) < 4.78 is 0. The minimum Gasteiger partial charge on any atom is -0.481 e. The maximum Gasteiger partial charge on any atom is 0.304 e. The monoisotopic (exact) mass is 215 g/mol. The molecular formula is C12H25NO2. The Balaban J connectivity index is 3.98. The first kappa shape index (κ1) is 14.4. The lowest BCUT2D eigenvalue weighted by molar-refractivity contribution is -0.137. The third-order valence-corrected chi connectivity index (χ3v) is 2.67. The third-order valence-electron chi connectivity index (χ3n) is 2.67. The molecule has 0 heterocycles. The fourth-order valence-corrected chi connectivity index (χ4v) is 1.78. The number of aliphatic carboxylic acids is 1. The molecule has 1 unspecified atom stereocenters. The summed E-state index contributed by atoms with van der Waals surface area (Å²) in [4.78, 5) is 12.8. The average Bonchev–Trinajstić information content (AvgIpc) is 2.11. The number of carboxylic acids is 1. The van der Waals surface area contributed by atoms with E-state index < -0.39 is 5.97 Å². The molecule has 0 fully saturated rings. The van der Waals surface area contributed by atoms with Crippen LogP contribution in [0.2, 0.25) is 0 Å². The molecule has 0 saturated heterocycles. The van der Waals surface area contributed by atoms with E-state index in [0.29, 0.717) is 18.5 Å². The van der Waals surface area contributed by atoms with Crippen LogP contribution in [0.4, 0.5) is 0 Å². The van der Waals surface area contributed by atoms with E-state index in [0.717, 1.165) is 6.54 Å². The SMILES string of the molecule is CCCC(C)CN(CCC(=O)O)C(C)C. The molecule has 0 saturated carbocycles. The smallest absolute Gasteiger partial charge is 0.304 e. The molecule has 90 valence electrons. The molecule has 0 aromatic heterocycles. The molecule has 0 aliphatic heterocycles. The Morgan fingerprint density at radius 2 is 1.93 bits per heavy atom. The van der Waals surface area contributed by atoms with Gasteiger partial charge < -0.3 is 10.0 Å². The van der Waals surface area contributed by atoms with Crippen LogP contribution < -0.4 is 0 Å². The molecule has 0 aliphatic rings. The first-order valence-electron chi connectivity index (χ1n) is 5.93. The maximum atomic E-state index is 10.5. The quantitative estimate of drug-likeness (QED) is 0.676. The Morgan fingerprint density at radius 1 is 1.33 bits per heavy atom. The van der Waals surface area contributed by atoms with Crippen LogP contribution in [-0.2, 0) is 4.79 Å². The van der Waals surface area contributed by atoms with Crippen molar-refractivity contribution in [1.82, 2.24) is 4.90 Å². The summed E-state index contributed by atoms with van der Waals surface area (Å²) in [5, 5.41) is 8.65. The molecule has 0 rings (SSSR count). The molecule has 0 aromatic rings. The summed E-state index contributed by atoms with van der Waals surface area (Å²) in [5.41, 5.74) is 0. The van der Waals surface area contributed by atoms with E-state index in [1.54, 1.807) is 0 Å². The van der Waals surface area contributed by atoms with Crippen LogP contribution in [0.15, 0.2) is 0 Å². The zero-order valence-corrected chi connectivity index (χ0v) is 10.5. The van der Waals surface area contributed by atoms with Gasteiger partial charge in [-0.25, -0.2) is 0 Å². The van der Waals surface area contributed by atoms with Gasteiger partial charge in [0.05, 0.1) is 6.42 Å². The Morgan fingerprint density at radius 3 is 2.33 bits per heavy atom. The van der Waals surface area contributed by atoms with E-state index in [1.807, 2.05) is 0 Å². The number of nitrogens with zero attached hydrogens (tertiary/aromatic N) is 1. The number of hydrogen-bond donors (Lipinski definition) is 1. The predicted octanol–water partition coefficient (Wildman–Crippen LogP) is 2.61. The highest BCUT2D eigenvalue weighted by atomic mass is 16.4. The fourth-order valence-electron chi connectivity index (χ4n) is 1.78. The Hall–Kier alpha value is -0.570.